The Kier molecular flexibility index (Phi) is 5.26. The SMILES string of the molecule is CCCC(C)C(Br)c1ccc(OC)c(F)c1. The van der Waals surface area contributed by atoms with Gasteiger partial charge in [0.15, 0.2) is 11.6 Å². The molecule has 1 nitrogen and oxygen atoms in total. The highest BCUT2D eigenvalue weighted by atomic mass is 79.9. The van der Waals surface area contributed by atoms with Crippen molar-refractivity contribution in [1.29, 1.82) is 0 Å². The molecule has 90 valence electrons. The highest BCUT2D eigenvalue weighted by Crippen LogP contribution is 2.35. The van der Waals surface area contributed by atoms with E-state index in [-0.39, 0.29) is 10.6 Å². The van der Waals surface area contributed by atoms with Gasteiger partial charge < -0.3 is 4.74 Å². The van der Waals surface area contributed by atoms with Crippen molar-refractivity contribution in [2.24, 2.45) is 5.92 Å². The van der Waals surface area contributed by atoms with Crippen molar-refractivity contribution in [1.82, 2.24) is 0 Å². The minimum atomic E-state index is -0.298. The summed E-state index contributed by atoms with van der Waals surface area (Å²) in [4.78, 5) is 0.202. The Hall–Kier alpha value is -0.570. The zero-order valence-electron chi connectivity index (χ0n) is 9.97. The molecule has 0 heterocycles. The Balaban J connectivity index is 2.84. The van der Waals surface area contributed by atoms with Crippen molar-refractivity contribution in [2.75, 3.05) is 7.11 Å². The molecule has 2 atom stereocenters. The maximum atomic E-state index is 13.5. The van der Waals surface area contributed by atoms with E-state index in [1.165, 1.54) is 7.11 Å². The zero-order valence-corrected chi connectivity index (χ0v) is 11.6. The average Bonchev–Trinajstić information content (AvgIpc) is 2.28. The van der Waals surface area contributed by atoms with Gasteiger partial charge in [0, 0.05) is 4.83 Å². The van der Waals surface area contributed by atoms with Gasteiger partial charge >= 0.3 is 0 Å². The zero-order chi connectivity index (χ0) is 12.1. The largest absolute Gasteiger partial charge is 0.494 e. The second-order valence-electron chi connectivity index (χ2n) is 4.06. The van der Waals surface area contributed by atoms with Crippen LogP contribution in [-0.4, -0.2) is 7.11 Å². The van der Waals surface area contributed by atoms with Crippen LogP contribution >= 0.6 is 15.9 Å². The van der Waals surface area contributed by atoms with Gasteiger partial charge in [0.1, 0.15) is 0 Å². The van der Waals surface area contributed by atoms with E-state index in [4.69, 9.17) is 4.74 Å². The van der Waals surface area contributed by atoms with Crippen molar-refractivity contribution in [3.05, 3.63) is 29.6 Å². The van der Waals surface area contributed by atoms with Crippen LogP contribution < -0.4 is 4.74 Å². The molecule has 0 aliphatic rings. The van der Waals surface area contributed by atoms with E-state index in [1.54, 1.807) is 12.1 Å². The van der Waals surface area contributed by atoms with E-state index in [0.29, 0.717) is 11.7 Å². The molecule has 0 radical (unpaired) electrons. The number of halogens is 2. The molecular weight excluding hydrogens is 271 g/mol. The minimum absolute atomic E-state index is 0.202. The van der Waals surface area contributed by atoms with Crippen LogP contribution in [0.15, 0.2) is 18.2 Å². The molecule has 0 aliphatic carbocycles. The molecule has 0 spiro atoms. The number of hydrogen-bond acceptors (Lipinski definition) is 1. The van der Waals surface area contributed by atoms with Crippen LogP contribution in [0.5, 0.6) is 5.75 Å². The van der Waals surface area contributed by atoms with Crippen LogP contribution in [0.4, 0.5) is 4.39 Å². The molecule has 0 aliphatic heterocycles. The van der Waals surface area contributed by atoms with E-state index in [2.05, 4.69) is 29.8 Å². The first-order valence-corrected chi connectivity index (χ1v) is 6.49. The first-order chi connectivity index (χ1) is 7.60. The quantitative estimate of drug-likeness (QED) is 0.713. The Labute approximate surface area is 105 Å². The van der Waals surface area contributed by atoms with Gasteiger partial charge in [-0.1, -0.05) is 42.3 Å². The Morgan fingerprint density at radius 2 is 2.12 bits per heavy atom. The van der Waals surface area contributed by atoms with E-state index in [1.807, 2.05) is 6.07 Å². The molecule has 0 fully saturated rings. The average molecular weight is 289 g/mol. The van der Waals surface area contributed by atoms with Gasteiger partial charge in [0.05, 0.1) is 7.11 Å². The molecule has 0 saturated heterocycles. The summed E-state index contributed by atoms with van der Waals surface area (Å²) in [6.07, 6.45) is 2.27. The summed E-state index contributed by atoms with van der Waals surface area (Å²) in [7, 11) is 1.48. The van der Waals surface area contributed by atoms with Crippen molar-refractivity contribution >= 4 is 15.9 Å². The highest BCUT2D eigenvalue weighted by molar-refractivity contribution is 9.09. The lowest BCUT2D eigenvalue weighted by Crippen LogP contribution is -2.04. The molecule has 16 heavy (non-hydrogen) atoms. The number of alkyl halides is 1. The molecule has 0 amide bonds. The summed E-state index contributed by atoms with van der Waals surface area (Å²) in [5, 5.41) is 0. The van der Waals surface area contributed by atoms with Gasteiger partial charge in [-0.15, -0.1) is 0 Å². The fourth-order valence-electron chi connectivity index (χ4n) is 1.78. The van der Waals surface area contributed by atoms with Crippen LogP contribution in [0.3, 0.4) is 0 Å². The van der Waals surface area contributed by atoms with Crippen LogP contribution in [0.1, 0.15) is 37.1 Å². The van der Waals surface area contributed by atoms with Crippen LogP contribution in [0.2, 0.25) is 0 Å². The predicted octanol–water partition coefficient (Wildman–Crippen LogP) is 4.71. The van der Waals surface area contributed by atoms with Crippen molar-refractivity contribution in [2.45, 2.75) is 31.5 Å². The molecular formula is C13H18BrFO. The molecule has 0 saturated carbocycles. The second kappa shape index (κ2) is 6.24. The van der Waals surface area contributed by atoms with E-state index >= 15 is 0 Å². The van der Waals surface area contributed by atoms with Gasteiger partial charge in [-0.2, -0.15) is 0 Å². The maximum Gasteiger partial charge on any atom is 0.165 e. The summed E-state index contributed by atoms with van der Waals surface area (Å²) in [5.74, 6) is 0.498. The third-order valence-corrected chi connectivity index (χ3v) is 4.17. The molecule has 0 bridgehead atoms. The number of rotatable bonds is 5. The summed E-state index contributed by atoms with van der Waals surface area (Å²) in [5.41, 5.74) is 0.972. The topological polar surface area (TPSA) is 9.23 Å². The minimum Gasteiger partial charge on any atom is -0.494 e. The van der Waals surface area contributed by atoms with E-state index < -0.39 is 0 Å². The first-order valence-electron chi connectivity index (χ1n) is 5.57. The van der Waals surface area contributed by atoms with Gasteiger partial charge in [-0.3, -0.25) is 0 Å². The molecule has 2 unspecified atom stereocenters. The Bertz CT molecular complexity index is 341. The third-order valence-electron chi connectivity index (χ3n) is 2.74. The lowest BCUT2D eigenvalue weighted by molar-refractivity contribution is 0.385. The summed E-state index contributed by atoms with van der Waals surface area (Å²) >= 11 is 3.63. The molecule has 1 rings (SSSR count). The first kappa shape index (κ1) is 13.5. The summed E-state index contributed by atoms with van der Waals surface area (Å²) in [6, 6.07) is 5.13. The fraction of sp³-hybridized carbons (Fsp3) is 0.538. The summed E-state index contributed by atoms with van der Waals surface area (Å²) < 4.78 is 18.4. The van der Waals surface area contributed by atoms with Gasteiger partial charge in [0.25, 0.3) is 0 Å². The summed E-state index contributed by atoms with van der Waals surface area (Å²) in [6.45, 7) is 4.33. The fourth-order valence-corrected chi connectivity index (χ4v) is 2.33. The van der Waals surface area contributed by atoms with Crippen LogP contribution in [0, 0.1) is 11.7 Å². The Morgan fingerprint density at radius 3 is 2.62 bits per heavy atom. The number of benzene rings is 1. The standard InChI is InChI=1S/C13H18BrFO/c1-4-5-9(2)13(14)10-6-7-12(16-3)11(15)8-10/h6-9,13H,4-5H2,1-3H3. The lowest BCUT2D eigenvalue weighted by Gasteiger charge is -2.18. The van der Waals surface area contributed by atoms with E-state index in [9.17, 15) is 4.39 Å². The second-order valence-corrected chi connectivity index (χ2v) is 5.05. The third kappa shape index (κ3) is 3.21. The molecule has 3 heteroatoms. The number of hydrogen-bond donors (Lipinski definition) is 0. The van der Waals surface area contributed by atoms with Crippen molar-refractivity contribution in [3.63, 3.8) is 0 Å². The molecule has 1 aromatic carbocycles. The molecule has 1 aromatic rings. The Morgan fingerprint density at radius 1 is 1.44 bits per heavy atom. The lowest BCUT2D eigenvalue weighted by atomic mass is 9.97. The van der Waals surface area contributed by atoms with Crippen LogP contribution in [-0.2, 0) is 0 Å². The maximum absolute atomic E-state index is 13.5. The molecule has 0 N–H and O–H groups in total. The van der Waals surface area contributed by atoms with Crippen molar-refractivity contribution in [3.8, 4) is 5.75 Å². The van der Waals surface area contributed by atoms with Crippen LogP contribution in [0.25, 0.3) is 0 Å². The van der Waals surface area contributed by atoms with Gasteiger partial charge in [-0.05, 0) is 30.0 Å². The smallest absolute Gasteiger partial charge is 0.165 e. The van der Waals surface area contributed by atoms with Gasteiger partial charge in [0.2, 0.25) is 0 Å². The van der Waals surface area contributed by atoms with E-state index in [0.717, 1.165) is 18.4 Å². The number of ether oxygens (including phenoxy) is 1. The highest BCUT2D eigenvalue weighted by Gasteiger charge is 2.16. The normalized spacial score (nSPS) is 14.6. The predicted molar refractivity (Wildman–Crippen MR) is 68.7 cm³/mol. The van der Waals surface area contributed by atoms with Gasteiger partial charge in [-0.25, -0.2) is 4.39 Å². The monoisotopic (exact) mass is 288 g/mol. The number of methoxy groups -OCH3 is 1. The molecule has 0 aromatic heterocycles. The van der Waals surface area contributed by atoms with Crippen molar-refractivity contribution < 1.29 is 9.13 Å².